The number of hydrogen-bond donors (Lipinski definition) is 0. The number of hydrogen-bond acceptors (Lipinski definition) is 5. The molecule has 6 heteroatoms. The topological polar surface area (TPSA) is 65.1 Å². The second-order valence-electron chi connectivity index (χ2n) is 7.46. The van der Waals surface area contributed by atoms with E-state index in [0.29, 0.717) is 32.0 Å². The van der Waals surface area contributed by atoms with Gasteiger partial charge in [0.25, 0.3) is 0 Å². The van der Waals surface area contributed by atoms with Crippen LogP contribution in [0.1, 0.15) is 44.1 Å². The summed E-state index contributed by atoms with van der Waals surface area (Å²) < 4.78 is 16.4. The minimum Gasteiger partial charge on any atom is -0.469 e. The Hall–Kier alpha value is -2.08. The Morgan fingerprint density at radius 2 is 1.78 bits per heavy atom. The van der Waals surface area contributed by atoms with E-state index >= 15 is 0 Å². The zero-order chi connectivity index (χ0) is 19.1. The van der Waals surface area contributed by atoms with Crippen LogP contribution < -0.4 is 0 Å². The summed E-state index contributed by atoms with van der Waals surface area (Å²) in [5.74, 6) is 0.283. The maximum Gasteiger partial charge on any atom is 0.410 e. The molecule has 0 spiro atoms. The van der Waals surface area contributed by atoms with Crippen LogP contribution in [0.25, 0.3) is 0 Å². The molecule has 1 heterocycles. The predicted octanol–water partition coefficient (Wildman–Crippen LogP) is 3.54. The molecule has 0 bridgehead atoms. The van der Waals surface area contributed by atoms with Crippen LogP contribution in [-0.2, 0) is 25.6 Å². The van der Waals surface area contributed by atoms with Gasteiger partial charge in [-0.15, -0.1) is 0 Å². The number of ether oxygens (including phenoxy) is 3. The number of likely N-dealkylation sites (tertiary alicyclic amines) is 1. The van der Waals surface area contributed by atoms with Gasteiger partial charge in [0.2, 0.25) is 0 Å². The lowest BCUT2D eigenvalue weighted by Crippen LogP contribution is -2.33. The van der Waals surface area contributed by atoms with Crippen molar-refractivity contribution in [1.29, 1.82) is 0 Å². The third-order valence-corrected chi connectivity index (χ3v) is 5.47. The fourth-order valence-corrected chi connectivity index (χ4v) is 3.88. The Labute approximate surface area is 160 Å². The van der Waals surface area contributed by atoms with Crippen molar-refractivity contribution in [3.05, 3.63) is 35.9 Å². The van der Waals surface area contributed by atoms with Crippen LogP contribution in [0.4, 0.5) is 4.79 Å². The van der Waals surface area contributed by atoms with Crippen molar-refractivity contribution in [3.8, 4) is 0 Å². The Morgan fingerprint density at radius 3 is 2.48 bits per heavy atom. The van der Waals surface area contributed by atoms with Crippen molar-refractivity contribution in [2.24, 2.45) is 5.92 Å². The number of carbonyl (C=O) groups is 2. The van der Waals surface area contributed by atoms with Gasteiger partial charge >= 0.3 is 12.1 Å². The van der Waals surface area contributed by atoms with Gasteiger partial charge in [0, 0.05) is 13.0 Å². The first-order chi connectivity index (χ1) is 13.1. The highest BCUT2D eigenvalue weighted by Gasteiger charge is 2.31. The van der Waals surface area contributed by atoms with Crippen LogP contribution in [0, 0.1) is 5.92 Å². The summed E-state index contributed by atoms with van der Waals surface area (Å²) >= 11 is 0. The average Bonchev–Trinajstić information content (AvgIpc) is 3.17. The number of nitrogens with zero attached hydrogens (tertiary/aromatic N) is 1. The van der Waals surface area contributed by atoms with Crippen molar-refractivity contribution in [1.82, 2.24) is 4.90 Å². The maximum atomic E-state index is 12.2. The number of rotatable bonds is 6. The second kappa shape index (κ2) is 9.74. The van der Waals surface area contributed by atoms with Gasteiger partial charge in [-0.05, 0) is 43.6 Å². The van der Waals surface area contributed by atoms with Crippen molar-refractivity contribution < 1.29 is 23.8 Å². The number of methoxy groups -OCH3 is 1. The third-order valence-electron chi connectivity index (χ3n) is 5.47. The van der Waals surface area contributed by atoms with E-state index in [1.54, 1.807) is 4.90 Å². The molecule has 2 fully saturated rings. The molecule has 2 aliphatic rings. The highest BCUT2D eigenvalue weighted by Crippen LogP contribution is 2.30. The van der Waals surface area contributed by atoms with Crippen LogP contribution in [0.15, 0.2) is 30.3 Å². The summed E-state index contributed by atoms with van der Waals surface area (Å²) in [5.41, 5.74) is 0.988. The smallest absolute Gasteiger partial charge is 0.410 e. The molecule has 1 aromatic carbocycles. The van der Waals surface area contributed by atoms with Crippen molar-refractivity contribution in [2.75, 3.05) is 20.2 Å². The molecular formula is C21H29NO5. The highest BCUT2D eigenvalue weighted by molar-refractivity contribution is 5.69. The van der Waals surface area contributed by atoms with E-state index in [1.807, 2.05) is 30.3 Å². The Bertz CT molecular complexity index is 612. The lowest BCUT2D eigenvalue weighted by atomic mass is 9.85. The van der Waals surface area contributed by atoms with E-state index in [4.69, 9.17) is 14.2 Å². The normalized spacial score (nSPS) is 25.2. The van der Waals surface area contributed by atoms with Gasteiger partial charge in [-0.2, -0.15) is 0 Å². The summed E-state index contributed by atoms with van der Waals surface area (Å²) in [4.78, 5) is 25.3. The Morgan fingerprint density at radius 1 is 1.04 bits per heavy atom. The van der Waals surface area contributed by atoms with Gasteiger partial charge in [-0.25, -0.2) is 4.79 Å². The summed E-state index contributed by atoms with van der Waals surface area (Å²) in [6, 6.07) is 9.70. The average molecular weight is 375 g/mol. The number of benzene rings is 1. The lowest BCUT2D eigenvalue weighted by Gasteiger charge is -2.30. The summed E-state index contributed by atoms with van der Waals surface area (Å²) in [5, 5.41) is 0. The van der Waals surface area contributed by atoms with E-state index in [-0.39, 0.29) is 24.3 Å². The van der Waals surface area contributed by atoms with Crippen molar-refractivity contribution in [3.63, 3.8) is 0 Å². The van der Waals surface area contributed by atoms with Crippen molar-refractivity contribution in [2.45, 2.75) is 57.3 Å². The molecule has 6 nitrogen and oxygen atoms in total. The zero-order valence-electron chi connectivity index (χ0n) is 16.0. The van der Waals surface area contributed by atoms with Gasteiger partial charge in [-0.1, -0.05) is 30.3 Å². The minimum absolute atomic E-state index is 0.0800. The predicted molar refractivity (Wildman–Crippen MR) is 100 cm³/mol. The molecule has 1 saturated carbocycles. The standard InChI is InChI=1S/C21H29NO5/c1-25-20(23)13-16-7-9-18(10-8-16)27-19-11-12-22(14-19)21(24)26-15-17-5-3-2-4-6-17/h2-6,16,18-19H,7-15H2,1H3/t16?,18?,19-/m1/s1. The first-order valence-corrected chi connectivity index (χ1v) is 9.82. The highest BCUT2D eigenvalue weighted by atomic mass is 16.6. The van der Waals surface area contributed by atoms with Gasteiger partial charge in [0.05, 0.1) is 25.9 Å². The SMILES string of the molecule is COC(=O)CC1CCC(O[C@@H]2CCN(C(=O)OCc3ccccc3)C2)CC1. The molecule has 0 N–H and O–H groups in total. The number of amides is 1. The minimum atomic E-state index is -0.272. The maximum absolute atomic E-state index is 12.2. The van der Waals surface area contributed by atoms with Crippen LogP contribution >= 0.6 is 0 Å². The molecule has 1 aromatic rings. The Kier molecular flexibility index (Phi) is 7.10. The molecule has 0 radical (unpaired) electrons. The monoisotopic (exact) mass is 375 g/mol. The summed E-state index contributed by atoms with van der Waals surface area (Å²) in [6.07, 6.45) is 5.32. The van der Waals surface area contributed by atoms with Gasteiger partial charge in [0.1, 0.15) is 6.61 Å². The van der Waals surface area contributed by atoms with E-state index in [1.165, 1.54) is 7.11 Å². The molecule has 27 heavy (non-hydrogen) atoms. The largest absolute Gasteiger partial charge is 0.469 e. The van der Waals surface area contributed by atoms with E-state index < -0.39 is 0 Å². The molecule has 1 atom stereocenters. The fourth-order valence-electron chi connectivity index (χ4n) is 3.88. The van der Waals surface area contributed by atoms with E-state index in [2.05, 4.69) is 0 Å². The van der Waals surface area contributed by atoms with E-state index in [9.17, 15) is 9.59 Å². The summed E-state index contributed by atoms with van der Waals surface area (Å²) in [6.45, 7) is 1.57. The quantitative estimate of drug-likeness (QED) is 0.712. The first-order valence-electron chi connectivity index (χ1n) is 9.82. The van der Waals surface area contributed by atoms with Crippen LogP contribution in [0.2, 0.25) is 0 Å². The molecule has 1 amide bonds. The van der Waals surface area contributed by atoms with Crippen molar-refractivity contribution >= 4 is 12.1 Å². The summed E-state index contributed by atoms with van der Waals surface area (Å²) in [7, 11) is 1.44. The number of esters is 1. The molecule has 1 aliphatic carbocycles. The first kappa shape index (κ1) is 19.7. The van der Waals surface area contributed by atoms with E-state index in [0.717, 1.165) is 37.7 Å². The zero-order valence-corrected chi connectivity index (χ0v) is 16.0. The molecule has 1 aliphatic heterocycles. The number of carbonyl (C=O) groups excluding carboxylic acids is 2. The Balaban J connectivity index is 1.35. The van der Waals surface area contributed by atoms with Crippen LogP contribution in [-0.4, -0.2) is 49.4 Å². The lowest BCUT2D eigenvalue weighted by molar-refractivity contribution is -0.142. The van der Waals surface area contributed by atoms with Crippen LogP contribution in [0.3, 0.4) is 0 Å². The molecule has 0 unspecified atom stereocenters. The molecule has 3 rings (SSSR count). The third kappa shape index (κ3) is 5.96. The van der Waals surface area contributed by atoms with Gasteiger partial charge < -0.3 is 19.1 Å². The molecular weight excluding hydrogens is 346 g/mol. The molecule has 0 aromatic heterocycles. The van der Waals surface area contributed by atoms with Gasteiger partial charge in [0.15, 0.2) is 0 Å². The fraction of sp³-hybridized carbons (Fsp3) is 0.619. The van der Waals surface area contributed by atoms with Crippen LogP contribution in [0.5, 0.6) is 0 Å². The molecule has 1 saturated heterocycles. The molecule has 148 valence electrons. The second-order valence-corrected chi connectivity index (χ2v) is 7.46. The van der Waals surface area contributed by atoms with Gasteiger partial charge in [-0.3, -0.25) is 4.79 Å².